The summed E-state index contributed by atoms with van der Waals surface area (Å²) in [6.45, 7) is 0.511. The van der Waals surface area contributed by atoms with E-state index in [-0.39, 0.29) is 5.82 Å². The second-order valence-corrected chi connectivity index (χ2v) is 5.77. The Bertz CT molecular complexity index is 573. The number of halogens is 4. The summed E-state index contributed by atoms with van der Waals surface area (Å²) in [6.07, 6.45) is 0. The van der Waals surface area contributed by atoms with Gasteiger partial charge in [0.05, 0.1) is 10.2 Å². The van der Waals surface area contributed by atoms with Gasteiger partial charge in [-0.1, -0.05) is 23.7 Å². The molecule has 2 aromatic carbocycles. The summed E-state index contributed by atoms with van der Waals surface area (Å²) in [5, 5.41) is 3.86. The molecule has 0 radical (unpaired) electrons. The molecule has 0 fully saturated rings. The van der Waals surface area contributed by atoms with Gasteiger partial charge in [0.25, 0.3) is 0 Å². The quantitative estimate of drug-likeness (QED) is 0.714. The SMILES string of the molecule is Fc1cccc(CNc2cc(Cl)ccc2Br)c1Br. The zero-order chi connectivity index (χ0) is 13.1. The van der Waals surface area contributed by atoms with Crippen molar-refractivity contribution in [2.24, 2.45) is 0 Å². The van der Waals surface area contributed by atoms with Gasteiger partial charge in [-0.3, -0.25) is 0 Å². The maximum atomic E-state index is 13.3. The fourth-order valence-electron chi connectivity index (χ4n) is 1.51. The lowest BCUT2D eigenvalue weighted by molar-refractivity contribution is 0.618. The maximum absolute atomic E-state index is 13.3. The van der Waals surface area contributed by atoms with Crippen LogP contribution in [-0.2, 0) is 6.54 Å². The van der Waals surface area contributed by atoms with E-state index in [9.17, 15) is 4.39 Å². The molecular formula is C13H9Br2ClFN. The molecule has 0 aliphatic rings. The number of hydrogen-bond acceptors (Lipinski definition) is 1. The van der Waals surface area contributed by atoms with Crippen LogP contribution in [-0.4, -0.2) is 0 Å². The first-order valence-electron chi connectivity index (χ1n) is 5.20. The molecule has 0 saturated heterocycles. The second kappa shape index (κ2) is 6.04. The lowest BCUT2D eigenvalue weighted by Gasteiger charge is -2.10. The minimum absolute atomic E-state index is 0.264. The monoisotopic (exact) mass is 391 g/mol. The van der Waals surface area contributed by atoms with Crippen molar-refractivity contribution < 1.29 is 4.39 Å². The molecule has 0 amide bonds. The highest BCUT2D eigenvalue weighted by molar-refractivity contribution is 9.11. The Morgan fingerprint density at radius 2 is 1.94 bits per heavy atom. The Labute approximate surface area is 127 Å². The van der Waals surface area contributed by atoms with Crippen LogP contribution in [0.4, 0.5) is 10.1 Å². The number of anilines is 1. The van der Waals surface area contributed by atoms with E-state index in [1.165, 1.54) is 6.07 Å². The first-order valence-corrected chi connectivity index (χ1v) is 7.16. The molecule has 5 heteroatoms. The number of hydrogen-bond donors (Lipinski definition) is 1. The van der Waals surface area contributed by atoms with Crippen molar-refractivity contribution in [3.63, 3.8) is 0 Å². The average Bonchev–Trinajstić information content (AvgIpc) is 2.35. The van der Waals surface area contributed by atoms with Crippen LogP contribution in [0.1, 0.15) is 5.56 Å². The van der Waals surface area contributed by atoms with Crippen LogP contribution in [0.15, 0.2) is 45.3 Å². The molecule has 2 rings (SSSR count). The molecule has 0 heterocycles. The minimum atomic E-state index is -0.264. The molecule has 0 aliphatic carbocycles. The highest BCUT2D eigenvalue weighted by Crippen LogP contribution is 2.27. The van der Waals surface area contributed by atoms with Crippen molar-refractivity contribution in [3.8, 4) is 0 Å². The van der Waals surface area contributed by atoms with Crippen LogP contribution in [0, 0.1) is 5.82 Å². The summed E-state index contributed by atoms with van der Waals surface area (Å²) >= 11 is 12.6. The van der Waals surface area contributed by atoms with Gasteiger partial charge < -0.3 is 5.32 Å². The summed E-state index contributed by atoms with van der Waals surface area (Å²) in [5.41, 5.74) is 1.72. The van der Waals surface area contributed by atoms with Crippen LogP contribution in [0.25, 0.3) is 0 Å². The van der Waals surface area contributed by atoms with Crippen molar-refractivity contribution in [3.05, 3.63) is 61.7 Å². The van der Waals surface area contributed by atoms with E-state index in [0.29, 0.717) is 16.0 Å². The predicted molar refractivity (Wildman–Crippen MR) is 80.6 cm³/mol. The molecule has 0 unspecified atom stereocenters. The van der Waals surface area contributed by atoms with Crippen LogP contribution < -0.4 is 5.32 Å². The van der Waals surface area contributed by atoms with Crippen molar-refractivity contribution in [2.45, 2.75) is 6.54 Å². The van der Waals surface area contributed by atoms with Gasteiger partial charge in [-0.05, 0) is 61.7 Å². The van der Waals surface area contributed by atoms with Crippen molar-refractivity contribution in [2.75, 3.05) is 5.32 Å². The highest BCUT2D eigenvalue weighted by atomic mass is 79.9. The van der Waals surface area contributed by atoms with E-state index >= 15 is 0 Å². The van der Waals surface area contributed by atoms with E-state index in [0.717, 1.165) is 15.7 Å². The molecule has 18 heavy (non-hydrogen) atoms. The van der Waals surface area contributed by atoms with E-state index in [1.54, 1.807) is 12.1 Å². The summed E-state index contributed by atoms with van der Waals surface area (Å²) in [7, 11) is 0. The number of nitrogens with one attached hydrogen (secondary N) is 1. The number of rotatable bonds is 3. The molecule has 2 aromatic rings. The van der Waals surface area contributed by atoms with Gasteiger partial charge >= 0.3 is 0 Å². The van der Waals surface area contributed by atoms with Gasteiger partial charge in [-0.15, -0.1) is 0 Å². The Hall–Kier alpha value is -0.580. The summed E-state index contributed by atoms with van der Waals surface area (Å²) in [6, 6.07) is 10.4. The maximum Gasteiger partial charge on any atom is 0.137 e. The van der Waals surface area contributed by atoms with Gasteiger partial charge in [0, 0.05) is 16.0 Å². The molecule has 1 nitrogen and oxygen atoms in total. The molecule has 94 valence electrons. The molecule has 0 spiro atoms. The van der Waals surface area contributed by atoms with Crippen molar-refractivity contribution >= 4 is 49.1 Å². The Morgan fingerprint density at radius 1 is 1.17 bits per heavy atom. The lowest BCUT2D eigenvalue weighted by Crippen LogP contribution is -2.01. The average molecular weight is 393 g/mol. The van der Waals surface area contributed by atoms with Gasteiger partial charge in [0.1, 0.15) is 5.82 Å². The molecule has 0 bridgehead atoms. The molecule has 0 aliphatic heterocycles. The standard InChI is InChI=1S/C13H9Br2ClFN/c14-10-5-4-9(16)6-12(10)18-7-8-2-1-3-11(17)13(8)15/h1-6,18H,7H2. The zero-order valence-corrected chi connectivity index (χ0v) is 13.1. The topological polar surface area (TPSA) is 12.0 Å². The Kier molecular flexibility index (Phi) is 4.65. The fraction of sp³-hybridized carbons (Fsp3) is 0.0769. The van der Waals surface area contributed by atoms with E-state index in [2.05, 4.69) is 37.2 Å². The van der Waals surface area contributed by atoms with Crippen LogP contribution in [0.3, 0.4) is 0 Å². The third-order valence-corrected chi connectivity index (χ3v) is 4.24. The van der Waals surface area contributed by atoms with Crippen LogP contribution in [0.5, 0.6) is 0 Å². The molecular weight excluding hydrogens is 384 g/mol. The fourth-order valence-corrected chi connectivity index (χ4v) is 2.47. The molecule has 0 saturated carbocycles. The van der Waals surface area contributed by atoms with Gasteiger partial charge in [0.15, 0.2) is 0 Å². The Morgan fingerprint density at radius 3 is 2.72 bits per heavy atom. The van der Waals surface area contributed by atoms with E-state index in [4.69, 9.17) is 11.6 Å². The van der Waals surface area contributed by atoms with Gasteiger partial charge in [0.2, 0.25) is 0 Å². The van der Waals surface area contributed by atoms with Crippen molar-refractivity contribution in [1.82, 2.24) is 0 Å². The second-order valence-electron chi connectivity index (χ2n) is 3.69. The smallest absolute Gasteiger partial charge is 0.137 e. The zero-order valence-electron chi connectivity index (χ0n) is 9.18. The highest BCUT2D eigenvalue weighted by Gasteiger charge is 2.06. The van der Waals surface area contributed by atoms with E-state index < -0.39 is 0 Å². The third kappa shape index (κ3) is 3.25. The van der Waals surface area contributed by atoms with Crippen LogP contribution >= 0.6 is 43.5 Å². The molecule has 1 N–H and O–H groups in total. The minimum Gasteiger partial charge on any atom is -0.380 e. The van der Waals surface area contributed by atoms with Crippen molar-refractivity contribution in [1.29, 1.82) is 0 Å². The summed E-state index contributed by atoms with van der Waals surface area (Å²) in [4.78, 5) is 0. The normalized spacial score (nSPS) is 10.4. The predicted octanol–water partition coefficient (Wildman–Crippen LogP) is 5.62. The third-order valence-electron chi connectivity index (χ3n) is 2.43. The summed E-state index contributed by atoms with van der Waals surface area (Å²) in [5.74, 6) is -0.264. The lowest BCUT2D eigenvalue weighted by atomic mass is 10.2. The van der Waals surface area contributed by atoms with Gasteiger partial charge in [-0.2, -0.15) is 0 Å². The van der Waals surface area contributed by atoms with E-state index in [1.807, 2.05) is 18.2 Å². The Balaban J connectivity index is 2.16. The van der Waals surface area contributed by atoms with Gasteiger partial charge in [-0.25, -0.2) is 4.39 Å². The van der Waals surface area contributed by atoms with Crippen LogP contribution in [0.2, 0.25) is 5.02 Å². The first kappa shape index (κ1) is 13.8. The first-order chi connectivity index (χ1) is 8.58. The number of benzene rings is 2. The molecule has 0 aromatic heterocycles. The molecule has 0 atom stereocenters. The largest absolute Gasteiger partial charge is 0.380 e. The summed E-state index contributed by atoms with van der Waals surface area (Å²) < 4.78 is 14.7.